The fourth-order valence-corrected chi connectivity index (χ4v) is 4.05. The van der Waals surface area contributed by atoms with Crippen LogP contribution in [0.4, 0.5) is 10.8 Å². The monoisotopic (exact) mass is 449 g/mol. The number of nitrogens with one attached hydrogen (secondary N) is 1. The summed E-state index contributed by atoms with van der Waals surface area (Å²) in [6.45, 7) is 11.9. The number of benzene rings is 2. The van der Waals surface area contributed by atoms with Crippen LogP contribution < -0.4 is 10.2 Å². The van der Waals surface area contributed by atoms with Crippen molar-refractivity contribution in [1.29, 1.82) is 0 Å². The maximum absolute atomic E-state index is 13.4. The summed E-state index contributed by atoms with van der Waals surface area (Å²) in [4.78, 5) is 32.0. The maximum atomic E-state index is 13.4. The molecular weight excluding hydrogens is 418 g/mol. The molecule has 0 aliphatic carbocycles. The second-order valence-electron chi connectivity index (χ2n) is 9.16. The van der Waals surface area contributed by atoms with Gasteiger partial charge in [-0.2, -0.15) is 0 Å². The number of carbonyl (C=O) groups is 2. The first-order chi connectivity index (χ1) is 15.1. The number of aryl methyl sites for hydroxylation is 3. The van der Waals surface area contributed by atoms with E-state index >= 15 is 0 Å². The van der Waals surface area contributed by atoms with Crippen LogP contribution in [0.25, 0.3) is 11.3 Å². The number of amides is 2. The van der Waals surface area contributed by atoms with Crippen molar-refractivity contribution in [3.63, 3.8) is 0 Å². The van der Waals surface area contributed by atoms with Gasteiger partial charge in [0.05, 0.1) is 11.4 Å². The highest BCUT2D eigenvalue weighted by Gasteiger charge is 2.25. The second kappa shape index (κ2) is 9.65. The van der Waals surface area contributed by atoms with E-state index in [0.717, 1.165) is 28.1 Å². The van der Waals surface area contributed by atoms with Gasteiger partial charge < -0.3 is 5.32 Å². The molecule has 32 heavy (non-hydrogen) atoms. The van der Waals surface area contributed by atoms with E-state index < -0.39 is 5.41 Å². The molecule has 2 aromatic carbocycles. The standard InChI is InChI=1S/C26H31N3O2S/c1-17-8-11-20(12-9-17)21-16-32-25(28-21)29(22-15-18(2)7-10-19(22)3)23(30)13-14-27-24(31)26(4,5)6/h7-12,15-16H,13-14H2,1-6H3,(H,27,31). The Kier molecular flexibility index (Phi) is 7.14. The molecule has 168 valence electrons. The molecule has 0 fully saturated rings. The lowest BCUT2D eigenvalue weighted by molar-refractivity contribution is -0.128. The van der Waals surface area contributed by atoms with E-state index in [2.05, 4.69) is 24.4 Å². The highest BCUT2D eigenvalue weighted by Crippen LogP contribution is 2.35. The number of hydrogen-bond acceptors (Lipinski definition) is 4. The molecule has 0 unspecified atom stereocenters. The third-order valence-corrected chi connectivity index (χ3v) is 6.02. The van der Waals surface area contributed by atoms with Crippen molar-refractivity contribution in [3.8, 4) is 11.3 Å². The predicted molar refractivity (Wildman–Crippen MR) is 132 cm³/mol. The average Bonchev–Trinajstić information content (AvgIpc) is 3.20. The Morgan fingerprint density at radius 2 is 1.66 bits per heavy atom. The minimum atomic E-state index is -0.492. The van der Waals surface area contributed by atoms with Gasteiger partial charge in [-0.3, -0.25) is 14.5 Å². The number of hydrogen-bond donors (Lipinski definition) is 1. The van der Waals surface area contributed by atoms with Crippen LogP contribution in [0.15, 0.2) is 47.8 Å². The van der Waals surface area contributed by atoms with Gasteiger partial charge in [0, 0.05) is 29.3 Å². The number of aromatic nitrogens is 1. The van der Waals surface area contributed by atoms with Crippen LogP contribution in [-0.2, 0) is 9.59 Å². The summed E-state index contributed by atoms with van der Waals surface area (Å²) in [5.41, 5.74) is 5.44. The van der Waals surface area contributed by atoms with Gasteiger partial charge in [-0.05, 0) is 38.0 Å². The van der Waals surface area contributed by atoms with Crippen molar-refractivity contribution >= 4 is 34.0 Å². The van der Waals surface area contributed by atoms with Crippen molar-refractivity contribution in [2.75, 3.05) is 11.4 Å². The van der Waals surface area contributed by atoms with E-state index in [4.69, 9.17) is 4.98 Å². The second-order valence-corrected chi connectivity index (χ2v) is 9.99. The predicted octanol–water partition coefficient (Wildman–Crippen LogP) is 5.95. The van der Waals surface area contributed by atoms with Crippen molar-refractivity contribution in [2.45, 2.75) is 48.0 Å². The topological polar surface area (TPSA) is 62.3 Å². The van der Waals surface area contributed by atoms with Gasteiger partial charge in [0.1, 0.15) is 0 Å². The molecule has 6 heteroatoms. The quantitative estimate of drug-likeness (QED) is 0.506. The van der Waals surface area contributed by atoms with Gasteiger partial charge in [0.2, 0.25) is 11.8 Å². The van der Waals surface area contributed by atoms with Crippen molar-refractivity contribution in [3.05, 3.63) is 64.5 Å². The molecule has 0 radical (unpaired) electrons. The van der Waals surface area contributed by atoms with Gasteiger partial charge in [-0.1, -0.05) is 62.7 Å². The first-order valence-corrected chi connectivity index (χ1v) is 11.7. The van der Waals surface area contributed by atoms with Gasteiger partial charge in [0.25, 0.3) is 0 Å². The van der Waals surface area contributed by atoms with E-state index in [0.29, 0.717) is 5.13 Å². The Bertz CT molecular complexity index is 1110. The molecule has 1 N–H and O–H groups in total. The normalized spacial score (nSPS) is 11.3. The largest absolute Gasteiger partial charge is 0.355 e. The molecular formula is C26H31N3O2S. The van der Waals surface area contributed by atoms with Gasteiger partial charge in [-0.25, -0.2) is 4.98 Å². The van der Waals surface area contributed by atoms with Crippen LogP contribution in [0.2, 0.25) is 0 Å². The van der Waals surface area contributed by atoms with Crippen LogP contribution in [0.1, 0.15) is 43.9 Å². The fraction of sp³-hybridized carbons (Fsp3) is 0.346. The first kappa shape index (κ1) is 23.7. The zero-order valence-corrected chi connectivity index (χ0v) is 20.5. The Hall–Kier alpha value is -2.99. The van der Waals surface area contributed by atoms with Crippen LogP contribution in [0.3, 0.4) is 0 Å². The zero-order chi connectivity index (χ0) is 23.5. The summed E-state index contributed by atoms with van der Waals surface area (Å²) in [6, 6.07) is 14.2. The zero-order valence-electron chi connectivity index (χ0n) is 19.7. The third-order valence-electron chi connectivity index (χ3n) is 5.19. The van der Waals surface area contributed by atoms with Crippen LogP contribution in [0, 0.1) is 26.2 Å². The lowest BCUT2D eigenvalue weighted by Crippen LogP contribution is -2.37. The lowest BCUT2D eigenvalue weighted by atomic mass is 9.96. The molecule has 0 atom stereocenters. The molecule has 0 aliphatic heterocycles. The highest BCUT2D eigenvalue weighted by atomic mass is 32.1. The molecule has 1 heterocycles. The number of anilines is 2. The van der Waals surface area contributed by atoms with Crippen LogP contribution in [-0.4, -0.2) is 23.3 Å². The molecule has 3 aromatic rings. The molecule has 5 nitrogen and oxygen atoms in total. The first-order valence-electron chi connectivity index (χ1n) is 10.8. The summed E-state index contributed by atoms with van der Waals surface area (Å²) in [7, 11) is 0. The summed E-state index contributed by atoms with van der Waals surface area (Å²) in [5.74, 6) is -0.169. The minimum absolute atomic E-state index is 0.0699. The van der Waals surface area contributed by atoms with E-state index in [9.17, 15) is 9.59 Å². The minimum Gasteiger partial charge on any atom is -0.355 e. The maximum Gasteiger partial charge on any atom is 0.235 e. The third kappa shape index (κ3) is 5.62. The summed E-state index contributed by atoms with van der Waals surface area (Å²) < 4.78 is 0. The Morgan fingerprint density at radius 3 is 2.31 bits per heavy atom. The van der Waals surface area contributed by atoms with Crippen molar-refractivity contribution in [2.24, 2.45) is 5.41 Å². The summed E-state index contributed by atoms with van der Waals surface area (Å²) >= 11 is 1.45. The molecule has 0 spiro atoms. The SMILES string of the molecule is Cc1ccc(-c2csc(N(C(=O)CCNC(=O)C(C)(C)C)c3cc(C)ccc3C)n2)cc1. The number of rotatable bonds is 6. The van der Waals surface area contributed by atoms with E-state index in [1.807, 2.05) is 70.3 Å². The Labute approximate surface area is 194 Å². The molecule has 0 bridgehead atoms. The molecule has 0 saturated heterocycles. The fourth-order valence-electron chi connectivity index (χ4n) is 3.19. The Morgan fingerprint density at radius 1 is 1.00 bits per heavy atom. The van der Waals surface area contributed by atoms with Crippen molar-refractivity contribution in [1.82, 2.24) is 10.3 Å². The number of carbonyl (C=O) groups excluding carboxylic acids is 2. The summed E-state index contributed by atoms with van der Waals surface area (Å²) in [5, 5.41) is 5.48. The van der Waals surface area contributed by atoms with Crippen LogP contribution >= 0.6 is 11.3 Å². The van der Waals surface area contributed by atoms with Crippen molar-refractivity contribution < 1.29 is 9.59 Å². The van der Waals surface area contributed by atoms with E-state index in [1.165, 1.54) is 16.9 Å². The highest BCUT2D eigenvalue weighted by molar-refractivity contribution is 7.14. The van der Waals surface area contributed by atoms with Crippen LogP contribution in [0.5, 0.6) is 0 Å². The smallest absolute Gasteiger partial charge is 0.235 e. The van der Waals surface area contributed by atoms with E-state index in [-0.39, 0.29) is 24.8 Å². The average molecular weight is 450 g/mol. The molecule has 1 aromatic heterocycles. The van der Waals surface area contributed by atoms with Gasteiger partial charge >= 0.3 is 0 Å². The molecule has 0 saturated carbocycles. The number of thiazole rings is 1. The molecule has 0 aliphatic rings. The van der Waals surface area contributed by atoms with Gasteiger partial charge in [-0.15, -0.1) is 11.3 Å². The van der Waals surface area contributed by atoms with Gasteiger partial charge in [0.15, 0.2) is 5.13 Å². The molecule has 3 rings (SSSR count). The van der Waals surface area contributed by atoms with E-state index in [1.54, 1.807) is 4.90 Å². The number of nitrogens with zero attached hydrogens (tertiary/aromatic N) is 2. The molecule has 2 amide bonds. The summed E-state index contributed by atoms with van der Waals surface area (Å²) in [6.07, 6.45) is 0.189. The lowest BCUT2D eigenvalue weighted by Gasteiger charge is -2.23. The Balaban J connectivity index is 1.90.